The van der Waals surface area contributed by atoms with E-state index in [1.807, 2.05) is 36.4 Å². The van der Waals surface area contributed by atoms with Crippen molar-refractivity contribution in [1.29, 1.82) is 0 Å². The van der Waals surface area contributed by atoms with Crippen LogP contribution in [0.25, 0.3) is 0 Å². The lowest BCUT2D eigenvalue weighted by Gasteiger charge is -2.48. The number of halogens is 4. The molecular weight excluding hydrogens is 588 g/mol. The van der Waals surface area contributed by atoms with E-state index in [0.717, 1.165) is 24.0 Å². The Hall–Kier alpha value is -2.84. The van der Waals surface area contributed by atoms with Crippen molar-refractivity contribution in [3.63, 3.8) is 0 Å². The standard InChI is InChI=1S/C31H31Cl3FN3O3/c1-37-29-9-7-24(35)17-26(29)31(41-30(37)40)10-12-38(13-11-31)25(14-20-2-5-23(32)6-3-20)15-22(18-36-19-39)21-4-8-27(33)28(34)16-21/h2-9,16-17,19,22,25H,10-15,18H2,1H3,(H,36,39). The SMILES string of the molecule is CN1C(=O)OC2(CCN(C(Cc3ccc(Cl)cc3)CC(CNC=O)c3ccc(Cl)c(Cl)c3)CC2)c2cc(F)ccc21. The van der Waals surface area contributed by atoms with Gasteiger partial charge in [-0.15, -0.1) is 0 Å². The molecule has 1 saturated heterocycles. The summed E-state index contributed by atoms with van der Waals surface area (Å²) in [5.74, 6) is -0.385. The van der Waals surface area contributed by atoms with Gasteiger partial charge in [-0.05, 0) is 66.4 Å². The molecule has 0 aliphatic carbocycles. The van der Waals surface area contributed by atoms with Crippen LogP contribution in [-0.4, -0.2) is 50.1 Å². The number of carbonyl (C=O) groups is 2. The first-order valence-electron chi connectivity index (χ1n) is 13.6. The monoisotopic (exact) mass is 617 g/mol. The third-order valence-corrected chi connectivity index (χ3v) is 9.28. The number of amides is 2. The van der Waals surface area contributed by atoms with Crippen molar-refractivity contribution in [1.82, 2.24) is 10.2 Å². The quantitative estimate of drug-likeness (QED) is 0.258. The van der Waals surface area contributed by atoms with Gasteiger partial charge in [0.2, 0.25) is 6.41 Å². The van der Waals surface area contributed by atoms with Crippen molar-refractivity contribution in [2.75, 3.05) is 31.6 Å². The second kappa shape index (κ2) is 12.6. The first kappa shape index (κ1) is 29.6. The van der Waals surface area contributed by atoms with Crippen LogP contribution in [0.1, 0.15) is 41.9 Å². The summed E-state index contributed by atoms with van der Waals surface area (Å²) >= 11 is 18.7. The van der Waals surface area contributed by atoms with Gasteiger partial charge < -0.3 is 10.1 Å². The van der Waals surface area contributed by atoms with E-state index in [2.05, 4.69) is 10.2 Å². The van der Waals surface area contributed by atoms with Gasteiger partial charge in [-0.2, -0.15) is 0 Å². The van der Waals surface area contributed by atoms with Crippen LogP contribution in [0.15, 0.2) is 60.7 Å². The van der Waals surface area contributed by atoms with Gasteiger partial charge in [-0.1, -0.05) is 53.0 Å². The number of piperidine rings is 1. The Kier molecular flexibility index (Phi) is 9.09. The molecule has 10 heteroatoms. The second-order valence-corrected chi connectivity index (χ2v) is 12.0. The van der Waals surface area contributed by atoms with Gasteiger partial charge >= 0.3 is 6.09 Å². The minimum Gasteiger partial charge on any atom is -0.437 e. The van der Waals surface area contributed by atoms with Gasteiger partial charge in [-0.25, -0.2) is 9.18 Å². The average molecular weight is 619 g/mol. The molecule has 216 valence electrons. The van der Waals surface area contributed by atoms with Crippen LogP contribution in [0.5, 0.6) is 0 Å². The molecule has 2 heterocycles. The summed E-state index contributed by atoms with van der Waals surface area (Å²) in [5.41, 5.74) is 2.61. The molecule has 6 nitrogen and oxygen atoms in total. The first-order chi connectivity index (χ1) is 19.7. The molecule has 2 atom stereocenters. The van der Waals surface area contributed by atoms with Crippen molar-refractivity contribution in [2.45, 2.75) is 43.2 Å². The van der Waals surface area contributed by atoms with Crippen molar-refractivity contribution in [2.24, 2.45) is 0 Å². The number of carbonyl (C=O) groups excluding carboxylic acids is 2. The Morgan fingerprint density at radius 2 is 1.76 bits per heavy atom. The highest BCUT2D eigenvalue weighted by atomic mass is 35.5. The van der Waals surface area contributed by atoms with Crippen LogP contribution >= 0.6 is 34.8 Å². The fraction of sp³-hybridized carbons (Fsp3) is 0.355. The van der Waals surface area contributed by atoms with Gasteiger partial charge in [-0.3, -0.25) is 14.6 Å². The third kappa shape index (κ3) is 6.49. The molecule has 2 amide bonds. The van der Waals surface area contributed by atoms with E-state index in [4.69, 9.17) is 39.5 Å². The highest BCUT2D eigenvalue weighted by Gasteiger charge is 2.47. The first-order valence-corrected chi connectivity index (χ1v) is 14.7. The molecule has 5 rings (SSSR count). The predicted octanol–water partition coefficient (Wildman–Crippen LogP) is 7.19. The zero-order chi connectivity index (χ0) is 29.1. The van der Waals surface area contributed by atoms with Crippen molar-refractivity contribution in [3.05, 3.63) is 98.2 Å². The van der Waals surface area contributed by atoms with Crippen LogP contribution in [0, 0.1) is 5.82 Å². The molecule has 3 aromatic carbocycles. The molecule has 1 spiro atoms. The molecule has 0 saturated carbocycles. The highest BCUT2D eigenvalue weighted by Crippen LogP contribution is 2.46. The molecule has 3 aromatic rings. The van der Waals surface area contributed by atoms with E-state index >= 15 is 0 Å². The van der Waals surface area contributed by atoms with Crippen LogP contribution in [0.3, 0.4) is 0 Å². The van der Waals surface area contributed by atoms with E-state index in [9.17, 15) is 14.0 Å². The van der Waals surface area contributed by atoms with Crippen LogP contribution < -0.4 is 10.2 Å². The van der Waals surface area contributed by atoms with Gasteiger partial charge in [0.05, 0.1) is 15.7 Å². The largest absolute Gasteiger partial charge is 0.437 e. The Morgan fingerprint density at radius 3 is 2.44 bits per heavy atom. The Labute approximate surface area is 254 Å². The van der Waals surface area contributed by atoms with Crippen molar-refractivity contribution >= 4 is 53.0 Å². The van der Waals surface area contributed by atoms with Gasteiger partial charge in [0.15, 0.2) is 0 Å². The number of ether oxygens (including phenoxy) is 1. The summed E-state index contributed by atoms with van der Waals surface area (Å²) in [4.78, 5) is 27.9. The van der Waals surface area contributed by atoms with Gasteiger partial charge in [0, 0.05) is 62.1 Å². The van der Waals surface area contributed by atoms with E-state index in [1.54, 1.807) is 19.2 Å². The molecule has 1 N–H and O–H groups in total. The number of nitrogens with one attached hydrogen (secondary N) is 1. The maximum absolute atomic E-state index is 14.4. The van der Waals surface area contributed by atoms with E-state index in [0.29, 0.717) is 65.2 Å². The number of likely N-dealkylation sites (tertiary alicyclic amines) is 1. The minimum atomic E-state index is -0.884. The summed E-state index contributed by atoms with van der Waals surface area (Å²) in [5, 5.41) is 4.45. The third-order valence-electron chi connectivity index (χ3n) is 8.29. The maximum atomic E-state index is 14.4. The zero-order valence-electron chi connectivity index (χ0n) is 22.6. The lowest BCUT2D eigenvalue weighted by molar-refractivity contribution is -0.109. The topological polar surface area (TPSA) is 61.9 Å². The fourth-order valence-corrected chi connectivity index (χ4v) is 6.49. The smallest absolute Gasteiger partial charge is 0.414 e. The number of anilines is 1. The Morgan fingerprint density at radius 1 is 1.02 bits per heavy atom. The molecule has 1 fully saturated rings. The van der Waals surface area contributed by atoms with Crippen LogP contribution in [-0.2, 0) is 21.6 Å². The molecular formula is C31H31Cl3FN3O3. The average Bonchev–Trinajstić information content (AvgIpc) is 2.96. The number of hydrogen-bond acceptors (Lipinski definition) is 4. The molecule has 0 radical (unpaired) electrons. The number of rotatable bonds is 9. The minimum absolute atomic E-state index is 0.0286. The van der Waals surface area contributed by atoms with E-state index in [-0.39, 0.29) is 17.8 Å². The van der Waals surface area contributed by atoms with Crippen molar-refractivity contribution in [3.8, 4) is 0 Å². The number of hydrogen-bond donors (Lipinski definition) is 1. The molecule has 0 aromatic heterocycles. The summed E-state index contributed by atoms with van der Waals surface area (Å²) in [6, 6.07) is 18.0. The Bertz CT molecular complexity index is 1410. The van der Waals surface area contributed by atoms with Crippen LogP contribution in [0.4, 0.5) is 14.9 Å². The van der Waals surface area contributed by atoms with E-state index < -0.39 is 11.7 Å². The summed E-state index contributed by atoms with van der Waals surface area (Å²) in [7, 11) is 1.64. The fourth-order valence-electron chi connectivity index (χ4n) is 6.05. The predicted molar refractivity (Wildman–Crippen MR) is 161 cm³/mol. The van der Waals surface area contributed by atoms with Gasteiger partial charge in [0.25, 0.3) is 0 Å². The van der Waals surface area contributed by atoms with E-state index in [1.165, 1.54) is 17.0 Å². The maximum Gasteiger partial charge on any atom is 0.414 e. The highest BCUT2D eigenvalue weighted by molar-refractivity contribution is 6.42. The number of fused-ring (bicyclic) bond motifs is 2. The zero-order valence-corrected chi connectivity index (χ0v) is 24.9. The number of nitrogens with zero attached hydrogens (tertiary/aromatic N) is 2. The van der Waals surface area contributed by atoms with Crippen molar-refractivity contribution < 1.29 is 18.7 Å². The summed E-state index contributed by atoms with van der Waals surface area (Å²) in [6.45, 7) is 1.72. The lowest BCUT2D eigenvalue weighted by Crippen LogP contribution is -2.53. The number of benzene rings is 3. The van der Waals surface area contributed by atoms with Crippen LogP contribution in [0.2, 0.25) is 15.1 Å². The molecule has 2 aliphatic heterocycles. The molecule has 2 unspecified atom stereocenters. The summed E-state index contributed by atoms with van der Waals surface area (Å²) in [6.07, 6.45) is 2.80. The second-order valence-electron chi connectivity index (χ2n) is 10.7. The Balaban J connectivity index is 1.42. The normalized spacial score (nSPS) is 18.0. The lowest BCUT2D eigenvalue weighted by atomic mass is 9.80. The van der Waals surface area contributed by atoms with Gasteiger partial charge in [0.1, 0.15) is 11.4 Å². The summed E-state index contributed by atoms with van der Waals surface area (Å²) < 4.78 is 20.4. The molecule has 41 heavy (non-hydrogen) atoms. The molecule has 0 bridgehead atoms. The molecule has 2 aliphatic rings.